The van der Waals surface area contributed by atoms with E-state index in [4.69, 9.17) is 4.42 Å². The topological polar surface area (TPSA) is 68.9 Å². The number of aryl methyl sites for hydroxylation is 2. The molecule has 2 heterocycles. The number of hydrogen-bond acceptors (Lipinski definition) is 5. The molecule has 17 heavy (non-hydrogen) atoms. The van der Waals surface area contributed by atoms with Gasteiger partial charge in [0.2, 0.25) is 0 Å². The summed E-state index contributed by atoms with van der Waals surface area (Å²) in [5.74, 6) is 0.332. The Morgan fingerprint density at radius 1 is 1.12 bits per heavy atom. The van der Waals surface area contributed by atoms with Gasteiger partial charge in [-0.3, -0.25) is 0 Å². The lowest BCUT2D eigenvalue weighted by Crippen LogP contribution is -2.06. The molecule has 0 aliphatic heterocycles. The fourth-order valence-corrected chi connectivity index (χ4v) is 1.82. The summed E-state index contributed by atoms with van der Waals surface area (Å²) in [6, 6.07) is 5.75. The van der Waals surface area contributed by atoms with E-state index in [2.05, 4.69) is 15.2 Å². The second kappa shape index (κ2) is 3.35. The van der Waals surface area contributed by atoms with Gasteiger partial charge in [-0.15, -0.1) is 10.2 Å². The van der Waals surface area contributed by atoms with Gasteiger partial charge in [0.15, 0.2) is 11.4 Å². The molecule has 0 N–H and O–H groups in total. The molecule has 0 saturated carbocycles. The molecule has 0 fully saturated rings. The second-order valence-electron chi connectivity index (χ2n) is 3.94. The Hall–Kier alpha value is -2.30. The van der Waals surface area contributed by atoms with E-state index in [0.717, 1.165) is 16.5 Å². The molecule has 5 heteroatoms. The molecule has 3 aromatic rings. The second-order valence-corrected chi connectivity index (χ2v) is 3.94. The van der Waals surface area contributed by atoms with Crippen LogP contribution in [0.1, 0.15) is 11.5 Å². The van der Waals surface area contributed by atoms with E-state index in [-0.39, 0.29) is 5.52 Å². The maximum Gasteiger partial charge on any atom is 0.367 e. The van der Waals surface area contributed by atoms with Gasteiger partial charge in [-0.1, -0.05) is 11.6 Å². The van der Waals surface area contributed by atoms with Gasteiger partial charge in [-0.2, -0.15) is 0 Å². The molecule has 5 nitrogen and oxygen atoms in total. The first kappa shape index (κ1) is 9.89. The Labute approximate surface area is 96.1 Å². The van der Waals surface area contributed by atoms with Crippen LogP contribution in [0.3, 0.4) is 0 Å². The molecule has 0 aliphatic carbocycles. The van der Waals surface area contributed by atoms with E-state index < -0.39 is 5.63 Å². The van der Waals surface area contributed by atoms with Crippen molar-refractivity contribution < 1.29 is 4.42 Å². The number of aromatic nitrogens is 3. The Balaban J connectivity index is 2.62. The van der Waals surface area contributed by atoms with E-state index in [0.29, 0.717) is 11.4 Å². The lowest BCUT2D eigenvalue weighted by molar-refractivity contribution is 0.465. The molecule has 2 aromatic heterocycles. The quantitative estimate of drug-likeness (QED) is 0.547. The van der Waals surface area contributed by atoms with Crippen molar-refractivity contribution in [3.63, 3.8) is 0 Å². The zero-order chi connectivity index (χ0) is 12.0. The molecule has 3 rings (SSSR count). The van der Waals surface area contributed by atoms with Gasteiger partial charge < -0.3 is 4.42 Å². The van der Waals surface area contributed by atoms with Crippen molar-refractivity contribution in [3.05, 3.63) is 40.1 Å². The molecular formula is C12H9N3O2. The molecule has 0 aliphatic rings. The van der Waals surface area contributed by atoms with Crippen LogP contribution in [0.15, 0.2) is 27.4 Å². The minimum Gasteiger partial charge on any atom is -0.407 e. The highest BCUT2D eigenvalue weighted by atomic mass is 16.4. The molecule has 0 amide bonds. The van der Waals surface area contributed by atoms with Crippen LogP contribution in [0.2, 0.25) is 0 Å². The largest absolute Gasteiger partial charge is 0.407 e. The monoisotopic (exact) mass is 227 g/mol. The lowest BCUT2D eigenvalue weighted by atomic mass is 10.1. The fourth-order valence-electron chi connectivity index (χ4n) is 1.82. The van der Waals surface area contributed by atoms with Crippen LogP contribution in [0, 0.1) is 13.8 Å². The minimum absolute atomic E-state index is 0.175. The number of hydrogen-bond donors (Lipinski definition) is 0. The number of fused-ring (bicyclic) bond motifs is 3. The molecule has 0 radical (unpaired) electrons. The Morgan fingerprint density at radius 2 is 1.94 bits per heavy atom. The van der Waals surface area contributed by atoms with Gasteiger partial charge in [-0.05, 0) is 19.1 Å². The summed E-state index contributed by atoms with van der Waals surface area (Å²) < 4.78 is 4.90. The van der Waals surface area contributed by atoms with Gasteiger partial charge >= 0.3 is 5.63 Å². The molecule has 0 bridgehead atoms. The highest BCUT2D eigenvalue weighted by Crippen LogP contribution is 2.19. The molecule has 0 spiro atoms. The molecular weight excluding hydrogens is 218 g/mol. The van der Waals surface area contributed by atoms with Crippen LogP contribution in [0.5, 0.6) is 0 Å². The van der Waals surface area contributed by atoms with E-state index in [9.17, 15) is 4.79 Å². The van der Waals surface area contributed by atoms with Crippen LogP contribution >= 0.6 is 0 Å². The van der Waals surface area contributed by atoms with E-state index >= 15 is 0 Å². The van der Waals surface area contributed by atoms with Crippen LogP contribution in [-0.4, -0.2) is 15.2 Å². The predicted octanol–water partition coefficient (Wildman–Crippen LogP) is 1.75. The Morgan fingerprint density at radius 3 is 2.76 bits per heavy atom. The first-order valence-corrected chi connectivity index (χ1v) is 5.19. The molecule has 0 atom stereocenters. The van der Waals surface area contributed by atoms with Crippen molar-refractivity contribution in [1.29, 1.82) is 0 Å². The van der Waals surface area contributed by atoms with E-state index in [1.54, 1.807) is 6.92 Å². The summed E-state index contributed by atoms with van der Waals surface area (Å²) in [7, 11) is 0. The van der Waals surface area contributed by atoms with Crippen LogP contribution in [-0.2, 0) is 0 Å². The SMILES string of the molecule is Cc1ccc2nnc3c(=O)oc(C)nc3c2c1. The normalized spacial score (nSPS) is 11.2. The number of rotatable bonds is 0. The zero-order valence-electron chi connectivity index (χ0n) is 9.39. The van der Waals surface area contributed by atoms with Gasteiger partial charge in [0, 0.05) is 12.3 Å². The van der Waals surface area contributed by atoms with Crippen molar-refractivity contribution in [3.8, 4) is 0 Å². The molecule has 0 unspecified atom stereocenters. The van der Waals surface area contributed by atoms with E-state index in [1.165, 1.54) is 0 Å². The highest BCUT2D eigenvalue weighted by Gasteiger charge is 2.10. The summed E-state index contributed by atoms with van der Waals surface area (Å²) in [6.07, 6.45) is 0. The van der Waals surface area contributed by atoms with Crippen LogP contribution in [0.4, 0.5) is 0 Å². The molecule has 84 valence electrons. The van der Waals surface area contributed by atoms with Gasteiger partial charge in [0.05, 0.1) is 5.52 Å². The summed E-state index contributed by atoms with van der Waals surface area (Å²) in [4.78, 5) is 15.9. The van der Waals surface area contributed by atoms with Crippen molar-refractivity contribution in [2.75, 3.05) is 0 Å². The van der Waals surface area contributed by atoms with Crippen LogP contribution in [0.25, 0.3) is 21.9 Å². The zero-order valence-corrected chi connectivity index (χ0v) is 9.39. The van der Waals surface area contributed by atoms with Crippen molar-refractivity contribution in [2.24, 2.45) is 0 Å². The highest BCUT2D eigenvalue weighted by molar-refractivity contribution is 6.00. The summed E-state index contributed by atoms with van der Waals surface area (Å²) in [5, 5.41) is 8.68. The first-order valence-electron chi connectivity index (χ1n) is 5.19. The number of nitrogens with zero attached hydrogens (tertiary/aromatic N) is 3. The maximum atomic E-state index is 11.6. The van der Waals surface area contributed by atoms with Gasteiger partial charge in [0.25, 0.3) is 0 Å². The third-order valence-corrected chi connectivity index (χ3v) is 2.59. The maximum absolute atomic E-state index is 11.6. The lowest BCUT2D eigenvalue weighted by Gasteiger charge is -2.01. The van der Waals surface area contributed by atoms with Gasteiger partial charge in [-0.25, -0.2) is 9.78 Å². The minimum atomic E-state index is -0.497. The average molecular weight is 227 g/mol. The summed E-state index contributed by atoms with van der Waals surface area (Å²) in [5.41, 5.74) is 2.03. The summed E-state index contributed by atoms with van der Waals surface area (Å²) >= 11 is 0. The van der Waals surface area contributed by atoms with Crippen molar-refractivity contribution in [1.82, 2.24) is 15.2 Å². The first-order chi connectivity index (χ1) is 8.15. The van der Waals surface area contributed by atoms with Crippen molar-refractivity contribution >= 4 is 21.9 Å². The average Bonchev–Trinajstić information content (AvgIpc) is 2.28. The Bertz CT molecular complexity index is 793. The molecule has 1 aromatic carbocycles. The summed E-state index contributed by atoms with van der Waals surface area (Å²) in [6.45, 7) is 3.62. The Kier molecular flexibility index (Phi) is 1.95. The van der Waals surface area contributed by atoms with Gasteiger partial charge in [0.1, 0.15) is 5.52 Å². The smallest absolute Gasteiger partial charge is 0.367 e. The van der Waals surface area contributed by atoms with E-state index in [1.807, 2.05) is 25.1 Å². The number of benzene rings is 1. The van der Waals surface area contributed by atoms with Crippen LogP contribution < -0.4 is 5.63 Å². The standard InChI is InChI=1S/C12H9N3O2/c1-6-3-4-9-8(5-6)10-11(15-14-9)12(16)17-7(2)13-10/h3-5H,1-2H3. The third kappa shape index (κ3) is 1.47. The molecule has 0 saturated heterocycles. The predicted molar refractivity (Wildman–Crippen MR) is 62.8 cm³/mol. The van der Waals surface area contributed by atoms with Crippen molar-refractivity contribution in [2.45, 2.75) is 13.8 Å². The fraction of sp³-hybridized carbons (Fsp3) is 0.167. The third-order valence-electron chi connectivity index (χ3n) is 2.59.